The minimum Gasteiger partial charge on any atom is -0.497 e. The molecule has 0 saturated heterocycles. The van der Waals surface area contributed by atoms with E-state index in [1.54, 1.807) is 31.4 Å². The fourth-order valence-corrected chi connectivity index (χ4v) is 2.25. The second-order valence-corrected chi connectivity index (χ2v) is 5.54. The van der Waals surface area contributed by atoms with Crippen molar-refractivity contribution in [3.63, 3.8) is 0 Å². The number of carbonyl (C=O) groups excluding carboxylic acids is 1. The van der Waals surface area contributed by atoms with Gasteiger partial charge in [0.25, 0.3) is 0 Å². The Morgan fingerprint density at radius 2 is 1.88 bits per heavy atom. The summed E-state index contributed by atoms with van der Waals surface area (Å²) >= 11 is 5.55. The number of alkyl halides is 3. The average molecular weight is 370 g/mol. The van der Waals surface area contributed by atoms with Crippen molar-refractivity contribution in [3.8, 4) is 5.75 Å². The molecule has 0 unspecified atom stereocenters. The largest absolute Gasteiger partial charge is 0.497 e. The molecule has 0 aliphatic carbocycles. The number of hydrogen-bond donors (Lipinski definition) is 1. The SMILES string of the molecule is COc1ccc(CNC(=O)/C=C/c2ccc(Cl)c(C(F)(F)F)c2)cc1. The van der Waals surface area contributed by atoms with Crippen molar-refractivity contribution in [3.05, 3.63) is 70.3 Å². The second-order valence-electron chi connectivity index (χ2n) is 5.14. The number of ether oxygens (including phenoxy) is 1. The number of rotatable bonds is 5. The summed E-state index contributed by atoms with van der Waals surface area (Å²) in [6.45, 7) is 0.293. The Balaban J connectivity index is 1.97. The first-order chi connectivity index (χ1) is 11.8. The van der Waals surface area contributed by atoms with E-state index >= 15 is 0 Å². The molecule has 0 bridgehead atoms. The highest BCUT2D eigenvalue weighted by Crippen LogP contribution is 2.35. The van der Waals surface area contributed by atoms with E-state index in [0.29, 0.717) is 12.3 Å². The summed E-state index contributed by atoms with van der Waals surface area (Å²) in [5.74, 6) is 0.289. The fraction of sp³-hybridized carbons (Fsp3) is 0.167. The summed E-state index contributed by atoms with van der Waals surface area (Å²) in [6, 6.07) is 10.6. The minimum absolute atomic E-state index is 0.233. The normalized spacial score (nSPS) is 11.6. The number of halogens is 4. The lowest BCUT2D eigenvalue weighted by Crippen LogP contribution is -2.20. The van der Waals surface area contributed by atoms with E-state index < -0.39 is 17.6 Å². The molecule has 1 amide bonds. The molecule has 132 valence electrons. The molecular formula is C18H15ClF3NO2. The van der Waals surface area contributed by atoms with Gasteiger partial charge in [-0.25, -0.2) is 0 Å². The topological polar surface area (TPSA) is 38.3 Å². The number of nitrogens with one attached hydrogen (secondary N) is 1. The summed E-state index contributed by atoms with van der Waals surface area (Å²) in [5, 5.41) is 2.27. The summed E-state index contributed by atoms with van der Waals surface area (Å²) in [6.07, 6.45) is -2.07. The molecule has 1 N–H and O–H groups in total. The van der Waals surface area contributed by atoms with Crippen LogP contribution in [0.3, 0.4) is 0 Å². The van der Waals surface area contributed by atoms with Gasteiger partial charge in [-0.05, 0) is 41.5 Å². The standard InChI is InChI=1S/C18H15ClF3NO2/c1-25-14-6-2-13(3-7-14)11-23-17(24)9-5-12-4-8-16(19)15(10-12)18(20,21)22/h2-10H,11H2,1H3,(H,23,24)/b9-5+. The van der Waals surface area contributed by atoms with Crippen molar-refractivity contribution in [2.24, 2.45) is 0 Å². The number of methoxy groups -OCH3 is 1. The molecule has 0 aliphatic heterocycles. The van der Waals surface area contributed by atoms with Crippen LogP contribution in [0.1, 0.15) is 16.7 Å². The molecule has 0 atom stereocenters. The zero-order valence-corrected chi connectivity index (χ0v) is 14.0. The van der Waals surface area contributed by atoms with Crippen molar-refractivity contribution < 1.29 is 22.7 Å². The first-order valence-electron chi connectivity index (χ1n) is 7.25. The zero-order chi connectivity index (χ0) is 18.4. The molecule has 0 saturated carbocycles. The van der Waals surface area contributed by atoms with Crippen LogP contribution in [0.4, 0.5) is 13.2 Å². The lowest BCUT2D eigenvalue weighted by molar-refractivity contribution is -0.137. The molecule has 2 rings (SSSR count). The third kappa shape index (κ3) is 5.53. The average Bonchev–Trinajstić information content (AvgIpc) is 2.58. The fourth-order valence-electron chi connectivity index (χ4n) is 2.03. The van der Waals surface area contributed by atoms with Gasteiger partial charge in [0.05, 0.1) is 17.7 Å². The summed E-state index contributed by atoms with van der Waals surface area (Å²) < 4.78 is 43.4. The van der Waals surface area contributed by atoms with Crippen LogP contribution in [0.5, 0.6) is 5.75 Å². The minimum atomic E-state index is -4.54. The molecule has 2 aromatic rings. The van der Waals surface area contributed by atoms with Crippen LogP contribution in [0, 0.1) is 0 Å². The van der Waals surface area contributed by atoms with Gasteiger partial charge in [0.15, 0.2) is 0 Å². The van der Waals surface area contributed by atoms with Crippen LogP contribution in [-0.2, 0) is 17.5 Å². The highest BCUT2D eigenvalue weighted by molar-refractivity contribution is 6.31. The van der Waals surface area contributed by atoms with Crippen molar-refractivity contribution in [2.45, 2.75) is 12.7 Å². The molecular weight excluding hydrogens is 355 g/mol. The smallest absolute Gasteiger partial charge is 0.417 e. The van der Waals surface area contributed by atoms with Gasteiger partial charge in [-0.2, -0.15) is 13.2 Å². The Morgan fingerprint density at radius 3 is 2.48 bits per heavy atom. The van der Waals surface area contributed by atoms with E-state index in [1.807, 2.05) is 0 Å². The second kappa shape index (κ2) is 8.07. The van der Waals surface area contributed by atoms with Gasteiger partial charge in [0.2, 0.25) is 5.91 Å². The Hall–Kier alpha value is -2.47. The van der Waals surface area contributed by atoms with Crippen molar-refractivity contribution >= 4 is 23.6 Å². The van der Waals surface area contributed by atoms with E-state index in [4.69, 9.17) is 16.3 Å². The van der Waals surface area contributed by atoms with Crippen LogP contribution in [0.15, 0.2) is 48.5 Å². The summed E-state index contributed by atoms with van der Waals surface area (Å²) in [4.78, 5) is 11.8. The molecule has 0 heterocycles. The number of hydrogen-bond acceptors (Lipinski definition) is 2. The van der Waals surface area contributed by atoms with Crippen molar-refractivity contribution in [1.82, 2.24) is 5.32 Å². The van der Waals surface area contributed by atoms with Crippen LogP contribution in [-0.4, -0.2) is 13.0 Å². The first-order valence-corrected chi connectivity index (χ1v) is 7.63. The van der Waals surface area contributed by atoms with Crippen LogP contribution in [0.2, 0.25) is 5.02 Å². The van der Waals surface area contributed by atoms with Gasteiger partial charge in [0.1, 0.15) is 5.75 Å². The first kappa shape index (κ1) is 18.9. The molecule has 7 heteroatoms. The molecule has 0 aliphatic rings. The quantitative estimate of drug-likeness (QED) is 0.776. The predicted octanol–water partition coefficient (Wildman–Crippen LogP) is 4.70. The van der Waals surface area contributed by atoms with Crippen molar-refractivity contribution in [2.75, 3.05) is 7.11 Å². The van der Waals surface area contributed by atoms with Crippen LogP contribution in [0.25, 0.3) is 6.08 Å². The Kier molecular flexibility index (Phi) is 6.09. The van der Waals surface area contributed by atoms with E-state index in [1.165, 1.54) is 18.2 Å². The molecule has 0 spiro atoms. The molecule has 2 aromatic carbocycles. The maximum Gasteiger partial charge on any atom is 0.417 e. The van der Waals surface area contributed by atoms with E-state index in [0.717, 1.165) is 17.7 Å². The Bertz CT molecular complexity index is 771. The van der Waals surface area contributed by atoms with Gasteiger partial charge < -0.3 is 10.1 Å². The maximum atomic E-state index is 12.8. The monoisotopic (exact) mass is 369 g/mol. The molecule has 25 heavy (non-hydrogen) atoms. The zero-order valence-electron chi connectivity index (χ0n) is 13.2. The molecule has 0 aromatic heterocycles. The van der Waals surface area contributed by atoms with Gasteiger partial charge in [-0.1, -0.05) is 29.8 Å². The maximum absolute atomic E-state index is 12.8. The Morgan fingerprint density at radius 1 is 1.20 bits per heavy atom. The summed E-state index contributed by atoms with van der Waals surface area (Å²) in [5.41, 5.74) is 0.166. The predicted molar refractivity (Wildman–Crippen MR) is 90.3 cm³/mol. The number of amides is 1. The van der Waals surface area contributed by atoms with Gasteiger partial charge in [-0.15, -0.1) is 0 Å². The lowest BCUT2D eigenvalue weighted by atomic mass is 10.1. The van der Waals surface area contributed by atoms with Crippen LogP contribution >= 0.6 is 11.6 Å². The lowest BCUT2D eigenvalue weighted by Gasteiger charge is -2.09. The van der Waals surface area contributed by atoms with Crippen LogP contribution < -0.4 is 10.1 Å². The highest BCUT2D eigenvalue weighted by atomic mass is 35.5. The van der Waals surface area contributed by atoms with Crippen molar-refractivity contribution in [1.29, 1.82) is 0 Å². The number of benzene rings is 2. The van der Waals surface area contributed by atoms with Gasteiger partial charge in [-0.3, -0.25) is 4.79 Å². The van der Waals surface area contributed by atoms with Gasteiger partial charge >= 0.3 is 6.18 Å². The third-order valence-electron chi connectivity index (χ3n) is 3.35. The molecule has 3 nitrogen and oxygen atoms in total. The van der Waals surface area contributed by atoms with E-state index in [2.05, 4.69) is 5.32 Å². The van der Waals surface area contributed by atoms with Gasteiger partial charge in [0, 0.05) is 12.6 Å². The van der Waals surface area contributed by atoms with E-state index in [9.17, 15) is 18.0 Å². The number of carbonyl (C=O) groups is 1. The highest BCUT2D eigenvalue weighted by Gasteiger charge is 2.33. The summed E-state index contributed by atoms with van der Waals surface area (Å²) in [7, 11) is 1.56. The third-order valence-corrected chi connectivity index (χ3v) is 3.68. The molecule has 0 radical (unpaired) electrons. The van der Waals surface area contributed by atoms with E-state index in [-0.39, 0.29) is 10.6 Å². The Labute approximate surface area is 148 Å². The molecule has 0 fully saturated rings.